The van der Waals surface area contributed by atoms with Crippen molar-refractivity contribution in [1.82, 2.24) is 0 Å². The van der Waals surface area contributed by atoms with Crippen molar-refractivity contribution in [2.75, 3.05) is 0 Å². The fraction of sp³-hybridized carbons (Fsp3) is 0.333. The molecular formula is C45H56Cl2HfSi2-2. The molecule has 0 nitrogen and oxygen atoms in total. The van der Waals surface area contributed by atoms with Gasteiger partial charge < -0.3 is 24.8 Å². The van der Waals surface area contributed by atoms with Crippen LogP contribution in [-0.4, -0.2) is 19.4 Å². The van der Waals surface area contributed by atoms with E-state index >= 15 is 0 Å². The molecule has 5 heteroatoms. The van der Waals surface area contributed by atoms with E-state index < -0.39 is 16.1 Å². The molecule has 1 aliphatic carbocycles. The minimum atomic E-state index is -1.19. The molecule has 6 rings (SSSR count). The van der Waals surface area contributed by atoms with Gasteiger partial charge in [0.2, 0.25) is 0 Å². The Morgan fingerprint density at radius 3 is 1.50 bits per heavy atom. The zero-order valence-electron chi connectivity index (χ0n) is 32.4. The molecular weight excluding hydrogens is 846 g/mol. The van der Waals surface area contributed by atoms with Gasteiger partial charge in [-0.25, -0.2) is 12.1 Å². The number of hydrogen-bond donors (Lipinski definition) is 0. The Kier molecular flexibility index (Phi) is 15.6. The molecule has 0 fully saturated rings. The van der Waals surface area contributed by atoms with Crippen LogP contribution in [0.1, 0.15) is 74.9 Å². The molecule has 0 saturated carbocycles. The molecule has 0 unspecified atom stereocenters. The van der Waals surface area contributed by atoms with Crippen LogP contribution in [0.25, 0.3) is 11.1 Å². The van der Waals surface area contributed by atoms with Crippen LogP contribution in [0.15, 0.2) is 109 Å². The normalized spacial score (nSPS) is 12.1. The second kappa shape index (κ2) is 17.7. The van der Waals surface area contributed by atoms with Crippen molar-refractivity contribution in [2.45, 2.75) is 98.1 Å². The molecule has 0 atom stereocenters. The van der Waals surface area contributed by atoms with Crippen LogP contribution in [0, 0.1) is 6.07 Å². The van der Waals surface area contributed by atoms with Crippen LogP contribution in [0.5, 0.6) is 0 Å². The minimum absolute atomic E-state index is 0. The summed E-state index contributed by atoms with van der Waals surface area (Å²) < 4.78 is 1.50. The standard InChI is InChI=1S/C21H25.C19H26Si2.C5H5.2ClH.Hf/c1-20(2,3)15-11-10-14-12-18-16(17(14)13-15)8-7-9-19(18)21(4,5)6;1-20(2,3)18-11-7-16(8-12-18)15-17-9-13-19(14-10-17)21(4,5)6;1-2-4-5-3-1;;;/h7-9,11,13H,12H2,1-6H3;7-14H,1-6H3;1-5H;2*1H;/q-1;;-1;;;+2/p-2. The zero-order chi connectivity index (χ0) is 35.5. The van der Waals surface area contributed by atoms with Gasteiger partial charge in [-0.15, -0.1) is 5.56 Å². The summed E-state index contributed by atoms with van der Waals surface area (Å²) in [6.07, 6.45) is 1.03. The van der Waals surface area contributed by atoms with Gasteiger partial charge in [0.15, 0.2) is 0 Å². The zero-order valence-corrected chi connectivity index (χ0v) is 39.5. The Hall–Kier alpha value is -2.02. The van der Waals surface area contributed by atoms with Gasteiger partial charge in [-0.1, -0.05) is 70.7 Å². The first kappa shape index (κ1) is 44.1. The first-order chi connectivity index (χ1) is 22.3. The van der Waals surface area contributed by atoms with Gasteiger partial charge in [-0.05, 0) is 23.0 Å². The van der Waals surface area contributed by atoms with Crippen LogP contribution in [-0.2, 0) is 41.1 Å². The van der Waals surface area contributed by atoms with Gasteiger partial charge in [-0.2, -0.15) is 47.5 Å². The van der Waals surface area contributed by atoms with Crippen molar-refractivity contribution in [3.63, 3.8) is 0 Å². The molecule has 0 bridgehead atoms. The molecule has 50 heavy (non-hydrogen) atoms. The summed E-state index contributed by atoms with van der Waals surface area (Å²) >= 11 is 1.08. The maximum atomic E-state index is 3.55. The molecule has 5 aromatic rings. The van der Waals surface area contributed by atoms with Gasteiger partial charge in [0.1, 0.15) is 0 Å². The van der Waals surface area contributed by atoms with Gasteiger partial charge in [0.05, 0.1) is 0 Å². The van der Waals surface area contributed by atoms with Gasteiger partial charge in [-0.3, -0.25) is 0 Å². The maximum Gasteiger partial charge on any atom is -0.172 e. The maximum absolute atomic E-state index is 3.55. The van der Waals surface area contributed by atoms with E-state index in [1.54, 1.807) is 10.4 Å². The average Bonchev–Trinajstić information content (AvgIpc) is 3.71. The van der Waals surface area contributed by atoms with Crippen LogP contribution in [0.2, 0.25) is 39.3 Å². The molecule has 0 amide bonds. The van der Waals surface area contributed by atoms with Crippen molar-refractivity contribution >= 4 is 29.8 Å². The Morgan fingerprint density at radius 1 is 0.640 bits per heavy atom. The van der Waals surface area contributed by atoms with Crippen molar-refractivity contribution < 1.29 is 48.7 Å². The topological polar surface area (TPSA) is 0 Å². The third kappa shape index (κ3) is 11.5. The van der Waals surface area contributed by atoms with E-state index in [-0.39, 0.29) is 35.6 Å². The predicted molar refractivity (Wildman–Crippen MR) is 215 cm³/mol. The third-order valence-electron chi connectivity index (χ3n) is 9.16. The Labute approximate surface area is 333 Å². The molecule has 0 aliphatic heterocycles. The summed E-state index contributed by atoms with van der Waals surface area (Å²) in [7, 11) is -2.38. The third-order valence-corrected chi connectivity index (χ3v) is 15.4. The van der Waals surface area contributed by atoms with Gasteiger partial charge in [0, 0.05) is 0 Å². The van der Waals surface area contributed by atoms with Crippen molar-refractivity contribution in [1.29, 1.82) is 0 Å². The van der Waals surface area contributed by atoms with E-state index in [1.807, 2.05) is 30.3 Å². The molecule has 0 radical (unpaired) electrons. The van der Waals surface area contributed by atoms with Crippen LogP contribution in [0.3, 0.4) is 0 Å². The van der Waals surface area contributed by atoms with E-state index in [0.29, 0.717) is 0 Å². The Bertz CT molecular complexity index is 1730. The van der Waals surface area contributed by atoms with Gasteiger partial charge >= 0.3 is 153 Å². The van der Waals surface area contributed by atoms with E-state index in [0.717, 1.165) is 30.3 Å². The number of halogens is 2. The largest absolute Gasteiger partial charge is 1.00 e. The number of fused-ring (bicyclic) bond motifs is 3. The second-order valence-electron chi connectivity index (χ2n) is 17.3. The molecule has 0 aromatic heterocycles. The Morgan fingerprint density at radius 2 is 1.12 bits per heavy atom. The monoisotopic (exact) mass is 902 g/mol. The average molecular weight is 903 g/mol. The fourth-order valence-electron chi connectivity index (χ4n) is 6.02. The summed E-state index contributed by atoms with van der Waals surface area (Å²) in [5, 5.41) is 3.08. The number of benzene rings is 4. The molecule has 0 saturated heterocycles. The quantitative estimate of drug-likeness (QED) is 0.174. The summed E-state index contributed by atoms with van der Waals surface area (Å²) in [5.74, 6) is 0. The first-order valence-electron chi connectivity index (χ1n) is 17.4. The number of rotatable bonds is 4. The molecule has 1 aliphatic rings. The smallest absolute Gasteiger partial charge is 0.172 e. The number of hydrogen-bond acceptors (Lipinski definition) is 0. The van der Waals surface area contributed by atoms with E-state index in [4.69, 9.17) is 0 Å². The van der Waals surface area contributed by atoms with E-state index in [1.165, 1.54) is 47.8 Å². The van der Waals surface area contributed by atoms with Crippen molar-refractivity contribution in [3.8, 4) is 11.1 Å². The Balaban J connectivity index is 0.000000293. The van der Waals surface area contributed by atoms with Crippen molar-refractivity contribution in [3.05, 3.63) is 149 Å². The van der Waals surface area contributed by atoms with Gasteiger partial charge in [0.25, 0.3) is 0 Å². The minimum Gasteiger partial charge on any atom is -1.00 e. The second-order valence-corrected chi connectivity index (χ2v) is 29.2. The molecule has 0 heterocycles. The first-order valence-corrected chi connectivity index (χ1v) is 26.2. The predicted octanol–water partition coefficient (Wildman–Crippen LogP) is 4.96. The summed E-state index contributed by atoms with van der Waals surface area (Å²) in [4.78, 5) is 0. The summed E-state index contributed by atoms with van der Waals surface area (Å²) in [5.41, 5.74) is 11.7. The van der Waals surface area contributed by atoms with Crippen LogP contribution < -0.4 is 35.2 Å². The fourth-order valence-corrected chi connectivity index (χ4v) is 9.55. The molecule has 0 N–H and O–H groups in total. The van der Waals surface area contributed by atoms with Crippen LogP contribution in [0.4, 0.5) is 0 Å². The summed E-state index contributed by atoms with van der Waals surface area (Å²) in [6.45, 7) is 28.1. The van der Waals surface area contributed by atoms with Crippen molar-refractivity contribution in [2.24, 2.45) is 0 Å². The molecule has 264 valence electrons. The van der Waals surface area contributed by atoms with E-state index in [9.17, 15) is 0 Å². The molecule has 5 aromatic carbocycles. The van der Waals surface area contributed by atoms with Crippen LogP contribution >= 0.6 is 0 Å². The van der Waals surface area contributed by atoms with E-state index in [2.05, 4.69) is 166 Å². The SMILES string of the molecule is CC(C)(C)c1c[c-]c2c(c1)-c1cccc(C(C)(C)C)c1C2.C[Si](C)(C)c1ccc([C](=[Hf+2])c2ccc([Si](C)(C)C)cc2)cc1.[Cl-].[Cl-].c1cc[cH-]c1. The molecule has 0 spiro atoms. The summed E-state index contributed by atoms with van der Waals surface area (Å²) in [6, 6.07) is 43.5.